The summed E-state index contributed by atoms with van der Waals surface area (Å²) in [6.45, 7) is 8.32. The van der Waals surface area contributed by atoms with E-state index >= 15 is 0 Å². The van der Waals surface area contributed by atoms with E-state index in [1.807, 2.05) is 0 Å². The van der Waals surface area contributed by atoms with E-state index in [1.54, 1.807) is 0 Å². The molecule has 3 unspecified atom stereocenters. The van der Waals surface area contributed by atoms with Gasteiger partial charge in [0.25, 0.3) is 0 Å². The zero-order valence-electron chi connectivity index (χ0n) is 17.0. The van der Waals surface area contributed by atoms with Gasteiger partial charge in [0, 0.05) is 49.0 Å². The Hall–Kier alpha value is -2.30. The smallest absolute Gasteiger partial charge is 0.0726 e. The van der Waals surface area contributed by atoms with Crippen LogP contribution in [0.5, 0.6) is 0 Å². The Kier molecular flexibility index (Phi) is 4.41. The number of likely N-dealkylation sites (N-methyl/N-ethyl adjacent to an activating group) is 1. The molecular weight excluding hydrogens is 346 g/mol. The highest BCUT2D eigenvalue weighted by molar-refractivity contribution is 5.80. The lowest BCUT2D eigenvalue weighted by Crippen LogP contribution is -2.45. The highest BCUT2D eigenvalue weighted by Gasteiger charge is 2.28. The van der Waals surface area contributed by atoms with Crippen molar-refractivity contribution in [2.75, 3.05) is 31.6 Å². The molecular formula is C24H29N3O. The number of aromatic nitrogens is 1. The summed E-state index contributed by atoms with van der Waals surface area (Å²) < 4.78 is 5.92. The van der Waals surface area contributed by atoms with Gasteiger partial charge in [-0.25, -0.2) is 0 Å². The van der Waals surface area contributed by atoms with Gasteiger partial charge in [-0.05, 0) is 61.7 Å². The molecule has 1 aromatic heterocycles. The first kappa shape index (κ1) is 17.8. The Morgan fingerprint density at radius 1 is 0.964 bits per heavy atom. The molecule has 0 spiro atoms. The molecule has 4 heteroatoms. The van der Waals surface area contributed by atoms with Crippen LogP contribution in [0.15, 0.2) is 48.5 Å². The predicted molar refractivity (Wildman–Crippen MR) is 115 cm³/mol. The average Bonchev–Trinajstić information content (AvgIpc) is 3.10. The van der Waals surface area contributed by atoms with Crippen molar-refractivity contribution in [1.29, 1.82) is 0 Å². The fourth-order valence-corrected chi connectivity index (χ4v) is 4.97. The summed E-state index contributed by atoms with van der Waals surface area (Å²) in [6, 6.07) is 18.0. The van der Waals surface area contributed by atoms with Crippen LogP contribution in [0.25, 0.3) is 10.9 Å². The van der Waals surface area contributed by atoms with Crippen LogP contribution < -0.4 is 4.90 Å². The van der Waals surface area contributed by atoms with Crippen LogP contribution in [-0.4, -0.2) is 48.8 Å². The number of morpholine rings is 1. The third-order valence-electron chi connectivity index (χ3n) is 6.15. The minimum Gasteiger partial charge on any atom is -0.372 e. The first-order valence-corrected chi connectivity index (χ1v) is 10.4. The molecule has 5 rings (SSSR count). The van der Waals surface area contributed by atoms with Gasteiger partial charge in [-0.3, -0.25) is 0 Å². The molecule has 4 nitrogen and oxygen atoms in total. The van der Waals surface area contributed by atoms with E-state index in [0.717, 1.165) is 26.2 Å². The number of rotatable bonds is 2. The summed E-state index contributed by atoms with van der Waals surface area (Å²) in [5.74, 6) is 0.387. The van der Waals surface area contributed by atoms with Crippen molar-refractivity contribution in [3.8, 4) is 0 Å². The fourth-order valence-electron chi connectivity index (χ4n) is 4.97. The number of nitrogens with one attached hydrogen (secondary N) is 1. The van der Waals surface area contributed by atoms with Gasteiger partial charge in [0.1, 0.15) is 0 Å². The largest absolute Gasteiger partial charge is 0.372 e. The maximum absolute atomic E-state index is 5.92. The minimum atomic E-state index is 0.279. The van der Waals surface area contributed by atoms with Crippen LogP contribution in [0.1, 0.15) is 36.6 Å². The van der Waals surface area contributed by atoms with Gasteiger partial charge >= 0.3 is 0 Å². The van der Waals surface area contributed by atoms with Crippen LogP contribution in [0.3, 0.4) is 0 Å². The van der Waals surface area contributed by atoms with Crippen molar-refractivity contribution >= 4 is 16.6 Å². The standard InChI is InChI=1S/C24H29N3O/c1-16-12-27(13-17(2)28-16)20-8-9-21-19(10-20)14-26(3)15-22(21)24-11-18-6-4-5-7-23(18)25-24/h4-11,16-17,22,25H,12-15H2,1-3H3. The lowest BCUT2D eigenvalue weighted by molar-refractivity contribution is -0.00522. The third-order valence-corrected chi connectivity index (χ3v) is 6.15. The van der Waals surface area contributed by atoms with E-state index in [4.69, 9.17) is 4.74 Å². The Bertz CT molecular complexity index is 951. The number of benzene rings is 2. The molecule has 2 aromatic carbocycles. The van der Waals surface area contributed by atoms with Gasteiger partial charge in [-0.1, -0.05) is 24.3 Å². The van der Waals surface area contributed by atoms with Crippen LogP contribution >= 0.6 is 0 Å². The quantitative estimate of drug-likeness (QED) is 0.722. The van der Waals surface area contributed by atoms with Gasteiger partial charge in [-0.15, -0.1) is 0 Å². The second-order valence-corrected chi connectivity index (χ2v) is 8.61. The molecule has 0 radical (unpaired) electrons. The molecule has 2 aliphatic heterocycles. The molecule has 1 fully saturated rings. The number of aromatic amines is 1. The van der Waals surface area contributed by atoms with Crippen LogP contribution in [-0.2, 0) is 11.3 Å². The topological polar surface area (TPSA) is 31.5 Å². The van der Waals surface area contributed by atoms with Crippen molar-refractivity contribution in [2.24, 2.45) is 0 Å². The Morgan fingerprint density at radius 3 is 2.54 bits per heavy atom. The number of para-hydroxylation sites is 1. The van der Waals surface area contributed by atoms with E-state index in [0.29, 0.717) is 5.92 Å². The van der Waals surface area contributed by atoms with E-state index < -0.39 is 0 Å². The second kappa shape index (κ2) is 6.94. The SMILES string of the molecule is CC1CN(c2ccc3c(c2)CN(C)CC3c2cc3ccccc3[nH]2)CC(C)O1. The van der Waals surface area contributed by atoms with Crippen LogP contribution in [0.2, 0.25) is 0 Å². The number of fused-ring (bicyclic) bond motifs is 2. The van der Waals surface area contributed by atoms with Crippen molar-refractivity contribution < 1.29 is 4.74 Å². The zero-order chi connectivity index (χ0) is 19.3. The molecule has 1 saturated heterocycles. The molecule has 3 aromatic rings. The number of H-pyrrole nitrogens is 1. The number of nitrogens with zero attached hydrogens (tertiary/aromatic N) is 2. The molecule has 28 heavy (non-hydrogen) atoms. The lowest BCUT2D eigenvalue weighted by Gasteiger charge is -2.38. The summed E-state index contributed by atoms with van der Waals surface area (Å²) in [4.78, 5) is 8.58. The van der Waals surface area contributed by atoms with Crippen molar-refractivity contribution in [2.45, 2.75) is 38.5 Å². The van der Waals surface area contributed by atoms with Crippen LogP contribution in [0, 0.1) is 0 Å². The normalized spacial score (nSPS) is 25.8. The zero-order valence-corrected chi connectivity index (χ0v) is 17.0. The highest BCUT2D eigenvalue weighted by Crippen LogP contribution is 2.36. The summed E-state index contributed by atoms with van der Waals surface area (Å²) in [5.41, 5.74) is 6.77. The summed E-state index contributed by atoms with van der Waals surface area (Å²) in [7, 11) is 2.23. The minimum absolute atomic E-state index is 0.279. The number of hydrogen-bond donors (Lipinski definition) is 1. The van der Waals surface area contributed by atoms with Gasteiger partial charge < -0.3 is 19.5 Å². The monoisotopic (exact) mass is 375 g/mol. The van der Waals surface area contributed by atoms with E-state index in [1.165, 1.54) is 33.4 Å². The molecule has 146 valence electrons. The maximum atomic E-state index is 5.92. The van der Waals surface area contributed by atoms with Crippen molar-refractivity contribution in [3.05, 3.63) is 65.4 Å². The Balaban J connectivity index is 1.50. The summed E-state index contributed by atoms with van der Waals surface area (Å²) in [5, 5.41) is 1.29. The Morgan fingerprint density at radius 2 is 1.75 bits per heavy atom. The van der Waals surface area contributed by atoms with Gasteiger partial charge in [0.15, 0.2) is 0 Å². The predicted octanol–water partition coefficient (Wildman–Crippen LogP) is 4.36. The molecule has 0 saturated carbocycles. The van der Waals surface area contributed by atoms with Crippen molar-refractivity contribution in [3.63, 3.8) is 0 Å². The van der Waals surface area contributed by atoms with Gasteiger partial charge in [-0.2, -0.15) is 0 Å². The van der Waals surface area contributed by atoms with Gasteiger partial charge in [0.2, 0.25) is 0 Å². The molecule has 0 aliphatic carbocycles. The van der Waals surface area contributed by atoms with Crippen molar-refractivity contribution in [1.82, 2.24) is 9.88 Å². The average molecular weight is 376 g/mol. The highest BCUT2D eigenvalue weighted by atomic mass is 16.5. The second-order valence-electron chi connectivity index (χ2n) is 8.61. The Labute approximate surface area is 167 Å². The number of hydrogen-bond acceptors (Lipinski definition) is 3. The summed E-state index contributed by atoms with van der Waals surface area (Å²) in [6.07, 6.45) is 0.558. The molecule has 0 bridgehead atoms. The van der Waals surface area contributed by atoms with Gasteiger partial charge in [0.05, 0.1) is 12.2 Å². The lowest BCUT2D eigenvalue weighted by atomic mass is 9.87. The van der Waals surface area contributed by atoms with E-state index in [-0.39, 0.29) is 12.2 Å². The number of anilines is 1. The molecule has 1 N–H and O–H groups in total. The van der Waals surface area contributed by atoms with E-state index in [2.05, 4.69) is 84.2 Å². The molecule has 3 heterocycles. The third kappa shape index (κ3) is 3.21. The van der Waals surface area contributed by atoms with E-state index in [9.17, 15) is 0 Å². The molecule has 3 atom stereocenters. The fraction of sp³-hybridized carbons (Fsp3) is 0.417. The first-order valence-electron chi connectivity index (χ1n) is 10.4. The first-order chi connectivity index (χ1) is 13.6. The number of ether oxygens (including phenoxy) is 1. The molecule has 0 amide bonds. The molecule has 2 aliphatic rings. The van der Waals surface area contributed by atoms with Crippen LogP contribution in [0.4, 0.5) is 5.69 Å². The summed E-state index contributed by atoms with van der Waals surface area (Å²) >= 11 is 0. The maximum Gasteiger partial charge on any atom is 0.0726 e.